The van der Waals surface area contributed by atoms with Gasteiger partial charge in [-0.05, 0) is 13.3 Å². The van der Waals surface area contributed by atoms with Gasteiger partial charge < -0.3 is 19.3 Å². The summed E-state index contributed by atoms with van der Waals surface area (Å²) in [5.41, 5.74) is 0. The van der Waals surface area contributed by atoms with Crippen LogP contribution in [0.3, 0.4) is 0 Å². The minimum atomic E-state index is -0.268. The van der Waals surface area contributed by atoms with Crippen LogP contribution in [0.15, 0.2) is 10.6 Å². The third-order valence-electron chi connectivity index (χ3n) is 4.37. The zero-order valence-corrected chi connectivity index (χ0v) is 13.4. The average Bonchev–Trinajstić information content (AvgIpc) is 3.21. The first-order chi connectivity index (χ1) is 11.2. The first-order valence-electron chi connectivity index (χ1n) is 8.10. The van der Waals surface area contributed by atoms with E-state index >= 15 is 0 Å². The number of nitrogens with one attached hydrogen (secondary N) is 2. The average molecular weight is 324 g/mol. The van der Waals surface area contributed by atoms with E-state index in [9.17, 15) is 4.79 Å². The topological polar surface area (TPSA) is 88.9 Å². The van der Waals surface area contributed by atoms with Gasteiger partial charge in [0, 0.05) is 44.3 Å². The molecule has 0 bridgehead atoms. The largest absolute Gasteiger partial charge is 0.381 e. The van der Waals surface area contributed by atoms with Crippen molar-refractivity contribution in [1.82, 2.24) is 15.4 Å². The molecule has 3 heterocycles. The Bertz CT molecular complexity index is 509. The van der Waals surface area contributed by atoms with E-state index in [4.69, 9.17) is 14.0 Å². The van der Waals surface area contributed by atoms with Crippen LogP contribution in [0.1, 0.15) is 12.2 Å². The number of morpholine rings is 1. The fraction of sp³-hybridized carbons (Fsp3) is 0.733. The van der Waals surface area contributed by atoms with Crippen LogP contribution in [0, 0.1) is 12.8 Å². The standard InChI is InChI=1S/C15H24N4O4/c1-11-8-14(18-23-11)17-15(20)16-9-13(12-2-5-22-10-12)19-3-6-21-7-4-19/h8,12-13H,2-7,9-10H2,1H3,(H2,16,17,18,20). The van der Waals surface area contributed by atoms with Gasteiger partial charge in [-0.2, -0.15) is 0 Å². The quantitative estimate of drug-likeness (QED) is 0.834. The number of carbonyl (C=O) groups excluding carboxylic acids is 1. The number of nitrogens with zero attached hydrogens (tertiary/aromatic N) is 2. The molecule has 2 fully saturated rings. The summed E-state index contributed by atoms with van der Waals surface area (Å²) in [5.74, 6) is 1.53. The summed E-state index contributed by atoms with van der Waals surface area (Å²) >= 11 is 0. The van der Waals surface area contributed by atoms with Gasteiger partial charge in [0.05, 0.1) is 19.8 Å². The number of hydrogen-bond donors (Lipinski definition) is 2. The Morgan fingerprint density at radius 1 is 1.39 bits per heavy atom. The van der Waals surface area contributed by atoms with E-state index in [0.717, 1.165) is 45.9 Å². The summed E-state index contributed by atoms with van der Waals surface area (Å²) in [4.78, 5) is 14.4. The van der Waals surface area contributed by atoms with E-state index < -0.39 is 0 Å². The Balaban J connectivity index is 1.53. The van der Waals surface area contributed by atoms with E-state index in [-0.39, 0.29) is 12.1 Å². The van der Waals surface area contributed by atoms with Crippen molar-refractivity contribution in [2.24, 2.45) is 5.92 Å². The minimum Gasteiger partial charge on any atom is -0.381 e. The highest BCUT2D eigenvalue weighted by molar-refractivity contribution is 5.88. The van der Waals surface area contributed by atoms with Gasteiger partial charge in [-0.15, -0.1) is 0 Å². The molecule has 1 aromatic rings. The molecular formula is C15H24N4O4. The van der Waals surface area contributed by atoms with Gasteiger partial charge in [-0.1, -0.05) is 5.16 Å². The Kier molecular flexibility index (Phi) is 5.47. The summed E-state index contributed by atoms with van der Waals surface area (Å²) in [6.45, 7) is 7.20. The molecule has 2 saturated heterocycles. The molecule has 23 heavy (non-hydrogen) atoms. The summed E-state index contributed by atoms with van der Waals surface area (Å²) in [7, 11) is 0. The molecule has 2 amide bonds. The Labute approximate surface area is 135 Å². The lowest BCUT2D eigenvalue weighted by atomic mass is 9.97. The zero-order chi connectivity index (χ0) is 16.1. The highest BCUT2D eigenvalue weighted by Gasteiger charge is 2.31. The highest BCUT2D eigenvalue weighted by Crippen LogP contribution is 2.21. The van der Waals surface area contributed by atoms with Crippen molar-refractivity contribution >= 4 is 11.8 Å². The monoisotopic (exact) mass is 324 g/mol. The number of rotatable bonds is 5. The number of aryl methyl sites for hydroxylation is 1. The van der Waals surface area contributed by atoms with Gasteiger partial charge in [0.2, 0.25) is 0 Å². The number of amides is 2. The molecule has 2 aliphatic heterocycles. The van der Waals surface area contributed by atoms with Crippen molar-refractivity contribution in [3.8, 4) is 0 Å². The van der Waals surface area contributed by atoms with E-state index in [1.54, 1.807) is 13.0 Å². The van der Waals surface area contributed by atoms with Crippen LogP contribution in [0.5, 0.6) is 0 Å². The maximum Gasteiger partial charge on any atom is 0.320 e. The molecule has 0 spiro atoms. The number of urea groups is 1. The minimum absolute atomic E-state index is 0.268. The lowest BCUT2D eigenvalue weighted by Gasteiger charge is -2.37. The third-order valence-corrected chi connectivity index (χ3v) is 4.37. The summed E-state index contributed by atoms with van der Waals surface area (Å²) < 4.78 is 15.9. The van der Waals surface area contributed by atoms with Gasteiger partial charge >= 0.3 is 6.03 Å². The number of anilines is 1. The van der Waals surface area contributed by atoms with E-state index in [0.29, 0.717) is 24.0 Å². The molecule has 2 aliphatic rings. The molecule has 0 saturated carbocycles. The van der Waals surface area contributed by atoms with Crippen LogP contribution in [-0.2, 0) is 9.47 Å². The maximum atomic E-state index is 12.0. The van der Waals surface area contributed by atoms with Crippen LogP contribution >= 0.6 is 0 Å². The molecule has 8 heteroatoms. The molecule has 1 aromatic heterocycles. The fourth-order valence-electron chi connectivity index (χ4n) is 3.14. The second-order valence-corrected chi connectivity index (χ2v) is 6.00. The molecule has 2 unspecified atom stereocenters. The number of ether oxygens (including phenoxy) is 2. The predicted octanol–water partition coefficient (Wildman–Crippen LogP) is 0.842. The van der Waals surface area contributed by atoms with Gasteiger partial charge in [0.25, 0.3) is 0 Å². The summed E-state index contributed by atoms with van der Waals surface area (Å²) in [6, 6.07) is 1.69. The van der Waals surface area contributed by atoms with E-state index in [1.807, 2.05) is 0 Å². The second kappa shape index (κ2) is 7.76. The van der Waals surface area contributed by atoms with Crippen molar-refractivity contribution in [2.45, 2.75) is 19.4 Å². The first kappa shape index (κ1) is 16.2. The lowest BCUT2D eigenvalue weighted by Crippen LogP contribution is -2.52. The van der Waals surface area contributed by atoms with Crippen molar-refractivity contribution in [2.75, 3.05) is 51.4 Å². The molecular weight excluding hydrogens is 300 g/mol. The van der Waals surface area contributed by atoms with Crippen LogP contribution < -0.4 is 10.6 Å². The van der Waals surface area contributed by atoms with E-state index in [1.165, 1.54) is 0 Å². The van der Waals surface area contributed by atoms with Crippen molar-refractivity contribution < 1.29 is 18.8 Å². The first-order valence-corrected chi connectivity index (χ1v) is 8.10. The molecule has 2 N–H and O–H groups in total. The normalized spacial score (nSPS) is 23.6. The van der Waals surface area contributed by atoms with Crippen LogP contribution in [0.25, 0.3) is 0 Å². The van der Waals surface area contributed by atoms with Crippen LogP contribution in [0.2, 0.25) is 0 Å². The van der Waals surface area contributed by atoms with Crippen LogP contribution in [-0.4, -0.2) is 68.2 Å². The van der Waals surface area contributed by atoms with E-state index in [2.05, 4.69) is 20.7 Å². The number of carbonyl (C=O) groups is 1. The van der Waals surface area contributed by atoms with Crippen molar-refractivity contribution in [3.05, 3.63) is 11.8 Å². The fourth-order valence-corrected chi connectivity index (χ4v) is 3.14. The Morgan fingerprint density at radius 2 is 2.22 bits per heavy atom. The predicted molar refractivity (Wildman–Crippen MR) is 83.4 cm³/mol. The molecule has 0 aliphatic carbocycles. The highest BCUT2D eigenvalue weighted by atomic mass is 16.5. The molecule has 0 radical (unpaired) electrons. The Hall–Kier alpha value is -1.64. The SMILES string of the molecule is Cc1cc(NC(=O)NCC(C2CCOC2)N2CCOCC2)no1. The summed E-state index contributed by atoms with van der Waals surface area (Å²) in [5, 5.41) is 9.38. The maximum absolute atomic E-state index is 12.0. The van der Waals surface area contributed by atoms with Gasteiger partial charge in [-0.3, -0.25) is 10.2 Å². The molecule has 128 valence electrons. The van der Waals surface area contributed by atoms with Crippen molar-refractivity contribution in [1.29, 1.82) is 0 Å². The number of aromatic nitrogens is 1. The van der Waals surface area contributed by atoms with Gasteiger partial charge in [-0.25, -0.2) is 4.79 Å². The third kappa shape index (κ3) is 4.43. The molecule has 0 aromatic carbocycles. The molecule has 8 nitrogen and oxygen atoms in total. The zero-order valence-electron chi connectivity index (χ0n) is 13.4. The Morgan fingerprint density at radius 3 is 2.87 bits per heavy atom. The second-order valence-electron chi connectivity index (χ2n) is 6.00. The van der Waals surface area contributed by atoms with Crippen LogP contribution in [0.4, 0.5) is 10.6 Å². The summed E-state index contributed by atoms with van der Waals surface area (Å²) in [6.07, 6.45) is 1.04. The number of hydrogen-bond acceptors (Lipinski definition) is 6. The molecule has 3 rings (SSSR count). The lowest BCUT2D eigenvalue weighted by molar-refractivity contribution is 0.00221. The molecule has 2 atom stereocenters. The van der Waals surface area contributed by atoms with Gasteiger partial charge in [0.15, 0.2) is 5.82 Å². The van der Waals surface area contributed by atoms with Crippen molar-refractivity contribution in [3.63, 3.8) is 0 Å². The van der Waals surface area contributed by atoms with Gasteiger partial charge in [0.1, 0.15) is 5.76 Å². The smallest absolute Gasteiger partial charge is 0.320 e.